The van der Waals surface area contributed by atoms with Crippen molar-refractivity contribution >= 4 is 22.9 Å². The molecule has 3 aromatic rings. The van der Waals surface area contributed by atoms with Crippen LogP contribution in [-0.4, -0.2) is 33.4 Å². The monoisotopic (exact) mass is 365 g/mol. The van der Waals surface area contributed by atoms with Gasteiger partial charge in [0.25, 0.3) is 0 Å². The second-order valence-corrected chi connectivity index (χ2v) is 7.47. The highest BCUT2D eigenvalue weighted by molar-refractivity contribution is 7.80. The van der Waals surface area contributed by atoms with Crippen molar-refractivity contribution in [3.63, 3.8) is 0 Å². The predicted molar refractivity (Wildman–Crippen MR) is 108 cm³/mol. The quantitative estimate of drug-likeness (QED) is 0.635. The van der Waals surface area contributed by atoms with Crippen molar-refractivity contribution in [3.8, 4) is 5.75 Å². The number of hydrogen-bond donors (Lipinski definition) is 0. The number of aromatic nitrogens is 2. The van der Waals surface area contributed by atoms with Crippen LogP contribution in [0.15, 0.2) is 36.5 Å². The Morgan fingerprint density at radius 3 is 2.65 bits per heavy atom. The number of benzene rings is 1. The van der Waals surface area contributed by atoms with Crippen LogP contribution in [0.3, 0.4) is 0 Å². The topological polar surface area (TPSA) is 29.8 Å². The van der Waals surface area contributed by atoms with Gasteiger partial charge >= 0.3 is 0 Å². The molecule has 26 heavy (non-hydrogen) atoms. The number of thiocarbonyl (C=S) groups is 1. The summed E-state index contributed by atoms with van der Waals surface area (Å²) in [7, 11) is 3.97. The lowest BCUT2D eigenvalue weighted by Gasteiger charge is -2.29. The molecular formula is C21H23N3OS. The summed E-state index contributed by atoms with van der Waals surface area (Å²) in [5.41, 5.74) is 6.48. The number of rotatable bonds is 2. The van der Waals surface area contributed by atoms with E-state index in [0.29, 0.717) is 0 Å². The number of hydrogen-bond acceptors (Lipinski definition) is 3. The number of nitrogens with zero attached hydrogens (tertiary/aromatic N) is 3. The van der Waals surface area contributed by atoms with E-state index in [1.165, 1.54) is 11.1 Å². The maximum atomic E-state index is 6.51. The van der Waals surface area contributed by atoms with Crippen molar-refractivity contribution in [1.82, 2.24) is 14.3 Å². The van der Waals surface area contributed by atoms with Crippen molar-refractivity contribution in [2.45, 2.75) is 32.8 Å². The SMILES string of the molecule is Cc1nc2c3c(c(C(=S)N(C)C)cn2c1C)CC[C@@H](c1ccccc1)O3. The average Bonchev–Trinajstić information content (AvgIpc) is 2.95. The smallest absolute Gasteiger partial charge is 0.180 e. The van der Waals surface area contributed by atoms with Crippen molar-refractivity contribution in [1.29, 1.82) is 0 Å². The first-order valence-electron chi connectivity index (χ1n) is 8.91. The Morgan fingerprint density at radius 2 is 1.96 bits per heavy atom. The molecule has 4 nitrogen and oxygen atoms in total. The third-order valence-electron chi connectivity index (χ3n) is 5.17. The van der Waals surface area contributed by atoms with Crippen molar-refractivity contribution < 1.29 is 4.74 Å². The van der Waals surface area contributed by atoms with Gasteiger partial charge in [-0.2, -0.15) is 0 Å². The third kappa shape index (κ3) is 2.67. The fourth-order valence-corrected chi connectivity index (χ4v) is 3.76. The maximum Gasteiger partial charge on any atom is 0.180 e. The maximum absolute atomic E-state index is 6.51. The molecule has 0 aliphatic carbocycles. The molecule has 1 atom stereocenters. The number of ether oxygens (including phenoxy) is 1. The van der Waals surface area contributed by atoms with Crippen LogP contribution in [0.25, 0.3) is 5.65 Å². The van der Waals surface area contributed by atoms with Gasteiger partial charge in [0.2, 0.25) is 0 Å². The molecule has 0 amide bonds. The number of fused-ring (bicyclic) bond motifs is 3. The second kappa shape index (κ2) is 6.40. The minimum absolute atomic E-state index is 0.0491. The first kappa shape index (κ1) is 17.0. The van der Waals surface area contributed by atoms with Gasteiger partial charge in [0.15, 0.2) is 11.4 Å². The van der Waals surface area contributed by atoms with Gasteiger partial charge in [0, 0.05) is 37.1 Å². The molecular weight excluding hydrogens is 342 g/mol. The highest BCUT2D eigenvalue weighted by Crippen LogP contribution is 2.40. The predicted octanol–water partition coefficient (Wildman–Crippen LogP) is 4.25. The van der Waals surface area contributed by atoms with E-state index in [9.17, 15) is 0 Å². The molecule has 5 heteroatoms. The van der Waals surface area contributed by atoms with Crippen LogP contribution in [0.1, 0.15) is 40.6 Å². The summed E-state index contributed by atoms with van der Waals surface area (Å²) in [4.78, 5) is 7.60. The van der Waals surface area contributed by atoms with E-state index < -0.39 is 0 Å². The lowest BCUT2D eigenvalue weighted by Crippen LogP contribution is -2.25. The van der Waals surface area contributed by atoms with Crippen LogP contribution in [0, 0.1) is 13.8 Å². The summed E-state index contributed by atoms with van der Waals surface area (Å²) < 4.78 is 8.63. The van der Waals surface area contributed by atoms with Crippen molar-refractivity contribution in [3.05, 3.63) is 64.6 Å². The molecule has 2 aromatic heterocycles. The van der Waals surface area contributed by atoms with E-state index >= 15 is 0 Å². The highest BCUT2D eigenvalue weighted by atomic mass is 32.1. The van der Waals surface area contributed by atoms with Gasteiger partial charge in [-0.15, -0.1) is 0 Å². The van der Waals surface area contributed by atoms with E-state index in [1.54, 1.807) is 0 Å². The second-order valence-electron chi connectivity index (χ2n) is 7.08. The average molecular weight is 366 g/mol. The van der Waals surface area contributed by atoms with Crippen LogP contribution in [-0.2, 0) is 6.42 Å². The van der Waals surface area contributed by atoms with Crippen LogP contribution < -0.4 is 4.74 Å². The Morgan fingerprint density at radius 1 is 1.23 bits per heavy atom. The third-order valence-corrected chi connectivity index (χ3v) is 5.76. The van der Waals surface area contributed by atoms with E-state index in [1.807, 2.05) is 32.0 Å². The zero-order chi connectivity index (χ0) is 18.4. The van der Waals surface area contributed by atoms with Gasteiger partial charge in [-0.1, -0.05) is 42.5 Å². The Kier molecular flexibility index (Phi) is 4.19. The minimum atomic E-state index is 0.0491. The standard InChI is InChI=1S/C21H23N3OS/c1-13-14(2)24-12-17(21(26)23(3)4)16-10-11-18(15-8-6-5-7-9-15)25-19(16)20(24)22-13/h5-9,12,18H,10-11H2,1-4H3/t18-/m0/s1. The van der Waals surface area contributed by atoms with Crippen LogP contribution in [0.2, 0.25) is 0 Å². The normalized spacial score (nSPS) is 16.2. The van der Waals surface area contributed by atoms with Gasteiger partial charge in [0.1, 0.15) is 11.1 Å². The minimum Gasteiger partial charge on any atom is -0.481 e. The van der Waals surface area contributed by atoms with Crippen LogP contribution >= 0.6 is 12.2 Å². The fraction of sp³-hybridized carbons (Fsp3) is 0.333. The van der Waals surface area contributed by atoms with E-state index in [-0.39, 0.29) is 6.10 Å². The van der Waals surface area contributed by atoms with Crippen molar-refractivity contribution in [2.75, 3.05) is 14.1 Å². The summed E-state index contributed by atoms with van der Waals surface area (Å²) in [5.74, 6) is 0.878. The molecule has 3 heterocycles. The van der Waals surface area contributed by atoms with Gasteiger partial charge in [-0.3, -0.25) is 0 Å². The first-order chi connectivity index (χ1) is 12.5. The van der Waals surface area contributed by atoms with Gasteiger partial charge in [-0.25, -0.2) is 4.98 Å². The zero-order valence-electron chi connectivity index (χ0n) is 15.6. The van der Waals surface area contributed by atoms with E-state index in [4.69, 9.17) is 21.9 Å². The largest absolute Gasteiger partial charge is 0.481 e. The Bertz CT molecular complexity index is 992. The number of aryl methyl sites for hydroxylation is 2. The number of pyridine rings is 1. The molecule has 1 aliphatic rings. The molecule has 0 bridgehead atoms. The summed E-state index contributed by atoms with van der Waals surface area (Å²) >= 11 is 5.70. The molecule has 1 aliphatic heterocycles. The van der Waals surface area contributed by atoms with E-state index in [2.05, 4.69) is 41.8 Å². The zero-order valence-corrected chi connectivity index (χ0v) is 16.4. The molecule has 0 N–H and O–H groups in total. The molecule has 0 saturated heterocycles. The lowest BCUT2D eigenvalue weighted by molar-refractivity contribution is 0.178. The Labute approximate surface area is 159 Å². The Hall–Kier alpha value is -2.40. The summed E-state index contributed by atoms with van der Waals surface area (Å²) in [5, 5.41) is 0. The molecule has 4 rings (SSSR count). The van der Waals surface area contributed by atoms with Gasteiger partial charge < -0.3 is 14.0 Å². The van der Waals surface area contributed by atoms with Gasteiger partial charge in [0.05, 0.1) is 5.69 Å². The summed E-state index contributed by atoms with van der Waals surface area (Å²) in [6.07, 6.45) is 4.04. The van der Waals surface area contributed by atoms with Gasteiger partial charge in [-0.05, 0) is 32.3 Å². The molecule has 0 spiro atoms. The first-order valence-corrected chi connectivity index (χ1v) is 9.32. The fourth-order valence-electron chi connectivity index (χ4n) is 3.59. The molecule has 0 radical (unpaired) electrons. The summed E-state index contributed by atoms with van der Waals surface area (Å²) in [6, 6.07) is 10.4. The van der Waals surface area contributed by atoms with Crippen LogP contribution in [0.4, 0.5) is 0 Å². The van der Waals surface area contributed by atoms with Crippen molar-refractivity contribution in [2.24, 2.45) is 0 Å². The molecule has 0 unspecified atom stereocenters. The molecule has 134 valence electrons. The van der Waals surface area contributed by atoms with E-state index in [0.717, 1.165) is 46.2 Å². The summed E-state index contributed by atoms with van der Waals surface area (Å²) in [6.45, 7) is 4.12. The highest BCUT2D eigenvalue weighted by Gasteiger charge is 2.29. The lowest BCUT2D eigenvalue weighted by atomic mass is 9.95. The number of imidazole rings is 1. The molecule has 0 fully saturated rings. The molecule has 1 aromatic carbocycles. The Balaban J connectivity index is 1.90. The van der Waals surface area contributed by atoms with Crippen LogP contribution in [0.5, 0.6) is 5.75 Å². The molecule has 0 saturated carbocycles.